The van der Waals surface area contributed by atoms with Gasteiger partial charge in [0.15, 0.2) is 0 Å². The molecule has 0 bridgehead atoms. The van der Waals surface area contributed by atoms with Crippen LogP contribution in [0.15, 0.2) is 65.1 Å². The summed E-state index contributed by atoms with van der Waals surface area (Å²) in [5.41, 5.74) is 3.36. The van der Waals surface area contributed by atoms with Gasteiger partial charge in [0.1, 0.15) is 18.1 Å². The number of carbonyl (C=O) groups excluding carboxylic acids is 1. The standard InChI is InChI=1S/C20H19NO3/c1-2-14-6-8-15(9-7-14)20(23)21-17-5-3-4-16(12-17)19-11-10-18(13-22)24-19/h3-12,22H,2,13H2,1H3,(H,21,23). The summed E-state index contributed by atoms with van der Waals surface area (Å²) in [5.74, 6) is 1.02. The predicted octanol–water partition coefficient (Wildman–Crippen LogP) is 4.25. The van der Waals surface area contributed by atoms with Gasteiger partial charge in [0, 0.05) is 16.8 Å². The lowest BCUT2D eigenvalue weighted by atomic mass is 10.1. The zero-order chi connectivity index (χ0) is 16.9. The monoisotopic (exact) mass is 321 g/mol. The van der Waals surface area contributed by atoms with Crippen LogP contribution in [-0.4, -0.2) is 11.0 Å². The Morgan fingerprint density at radius 2 is 1.88 bits per heavy atom. The van der Waals surface area contributed by atoms with Crippen molar-refractivity contribution in [2.75, 3.05) is 5.32 Å². The molecule has 0 spiro atoms. The number of hydrogen-bond donors (Lipinski definition) is 2. The SMILES string of the molecule is CCc1ccc(C(=O)Nc2cccc(-c3ccc(CO)o3)c2)cc1. The van der Waals surface area contributed by atoms with E-state index >= 15 is 0 Å². The number of benzene rings is 2. The average molecular weight is 321 g/mol. The molecule has 0 radical (unpaired) electrons. The van der Waals surface area contributed by atoms with Gasteiger partial charge in [-0.1, -0.05) is 31.2 Å². The Balaban J connectivity index is 1.77. The second-order valence-corrected chi connectivity index (χ2v) is 5.51. The van der Waals surface area contributed by atoms with E-state index in [9.17, 15) is 4.79 Å². The molecular formula is C20H19NO3. The quantitative estimate of drug-likeness (QED) is 0.738. The molecule has 122 valence electrons. The van der Waals surface area contributed by atoms with Crippen LogP contribution in [-0.2, 0) is 13.0 Å². The zero-order valence-electron chi connectivity index (χ0n) is 13.5. The van der Waals surface area contributed by atoms with Gasteiger partial charge in [-0.3, -0.25) is 4.79 Å². The number of furan rings is 1. The van der Waals surface area contributed by atoms with E-state index in [1.807, 2.05) is 48.5 Å². The van der Waals surface area contributed by atoms with E-state index in [1.54, 1.807) is 12.1 Å². The molecule has 3 rings (SSSR count). The molecule has 3 aromatic rings. The molecule has 0 saturated carbocycles. The van der Waals surface area contributed by atoms with Crippen molar-refractivity contribution in [1.29, 1.82) is 0 Å². The van der Waals surface area contributed by atoms with Gasteiger partial charge in [0.2, 0.25) is 0 Å². The van der Waals surface area contributed by atoms with Gasteiger partial charge in [-0.15, -0.1) is 0 Å². The lowest BCUT2D eigenvalue weighted by molar-refractivity contribution is 0.102. The third-order valence-corrected chi connectivity index (χ3v) is 3.85. The molecule has 0 unspecified atom stereocenters. The number of carbonyl (C=O) groups is 1. The number of aliphatic hydroxyl groups is 1. The Labute approximate surface area is 140 Å². The van der Waals surface area contributed by atoms with Crippen LogP contribution >= 0.6 is 0 Å². The first-order valence-electron chi connectivity index (χ1n) is 7.90. The van der Waals surface area contributed by atoms with E-state index in [1.165, 1.54) is 5.56 Å². The van der Waals surface area contributed by atoms with Crippen LogP contribution in [0.3, 0.4) is 0 Å². The molecule has 0 aliphatic carbocycles. The molecule has 1 amide bonds. The van der Waals surface area contributed by atoms with Crippen LogP contribution in [0.5, 0.6) is 0 Å². The first-order chi connectivity index (χ1) is 11.7. The Hall–Kier alpha value is -2.85. The van der Waals surface area contributed by atoms with E-state index < -0.39 is 0 Å². The van der Waals surface area contributed by atoms with Crippen LogP contribution in [0.1, 0.15) is 28.6 Å². The van der Waals surface area contributed by atoms with Crippen LogP contribution in [0, 0.1) is 0 Å². The van der Waals surface area contributed by atoms with Gasteiger partial charge in [-0.2, -0.15) is 0 Å². The third-order valence-electron chi connectivity index (χ3n) is 3.85. The molecule has 0 aliphatic rings. The van der Waals surface area contributed by atoms with Crippen LogP contribution in [0.4, 0.5) is 5.69 Å². The molecular weight excluding hydrogens is 302 g/mol. The minimum absolute atomic E-state index is 0.135. The predicted molar refractivity (Wildman–Crippen MR) is 93.8 cm³/mol. The Kier molecular flexibility index (Phi) is 4.77. The molecule has 1 heterocycles. The number of nitrogens with one attached hydrogen (secondary N) is 1. The van der Waals surface area contributed by atoms with Crippen molar-refractivity contribution in [2.24, 2.45) is 0 Å². The van der Waals surface area contributed by atoms with Crippen molar-refractivity contribution >= 4 is 11.6 Å². The van der Waals surface area contributed by atoms with Gasteiger partial charge in [-0.25, -0.2) is 0 Å². The zero-order valence-corrected chi connectivity index (χ0v) is 13.5. The molecule has 0 saturated heterocycles. The van der Waals surface area contributed by atoms with E-state index in [0.29, 0.717) is 22.8 Å². The molecule has 24 heavy (non-hydrogen) atoms. The summed E-state index contributed by atoms with van der Waals surface area (Å²) in [5, 5.41) is 12.0. The maximum absolute atomic E-state index is 12.3. The van der Waals surface area contributed by atoms with Crippen molar-refractivity contribution in [3.8, 4) is 11.3 Å². The highest BCUT2D eigenvalue weighted by atomic mass is 16.4. The highest BCUT2D eigenvalue weighted by Crippen LogP contribution is 2.25. The number of hydrogen-bond acceptors (Lipinski definition) is 3. The maximum atomic E-state index is 12.3. The van der Waals surface area contributed by atoms with E-state index in [2.05, 4.69) is 12.2 Å². The van der Waals surface area contributed by atoms with Crippen molar-refractivity contribution in [2.45, 2.75) is 20.0 Å². The molecule has 2 aromatic carbocycles. The van der Waals surface area contributed by atoms with E-state index in [4.69, 9.17) is 9.52 Å². The lowest BCUT2D eigenvalue weighted by Crippen LogP contribution is -2.11. The number of rotatable bonds is 5. The van der Waals surface area contributed by atoms with Crippen molar-refractivity contribution < 1.29 is 14.3 Å². The Morgan fingerprint density at radius 3 is 2.54 bits per heavy atom. The summed E-state index contributed by atoms with van der Waals surface area (Å²) in [6, 6.07) is 18.5. The van der Waals surface area contributed by atoms with Crippen molar-refractivity contribution in [3.63, 3.8) is 0 Å². The van der Waals surface area contributed by atoms with Gasteiger partial charge < -0.3 is 14.8 Å². The highest BCUT2D eigenvalue weighted by molar-refractivity contribution is 6.04. The van der Waals surface area contributed by atoms with Crippen LogP contribution in [0.25, 0.3) is 11.3 Å². The minimum atomic E-state index is -0.148. The van der Waals surface area contributed by atoms with Gasteiger partial charge in [-0.05, 0) is 48.4 Å². The minimum Gasteiger partial charge on any atom is -0.459 e. The number of anilines is 1. The smallest absolute Gasteiger partial charge is 0.255 e. The van der Waals surface area contributed by atoms with E-state index in [-0.39, 0.29) is 12.5 Å². The molecule has 4 nitrogen and oxygen atoms in total. The summed E-state index contributed by atoms with van der Waals surface area (Å²) < 4.78 is 5.53. The second-order valence-electron chi connectivity index (χ2n) is 5.51. The summed E-state index contributed by atoms with van der Waals surface area (Å²) >= 11 is 0. The first-order valence-corrected chi connectivity index (χ1v) is 7.90. The third kappa shape index (κ3) is 3.55. The summed E-state index contributed by atoms with van der Waals surface area (Å²) in [6.07, 6.45) is 0.947. The van der Waals surface area contributed by atoms with Gasteiger partial charge in [0.25, 0.3) is 5.91 Å². The van der Waals surface area contributed by atoms with Gasteiger partial charge >= 0.3 is 0 Å². The second kappa shape index (κ2) is 7.15. The molecule has 0 fully saturated rings. The van der Waals surface area contributed by atoms with Crippen molar-refractivity contribution in [1.82, 2.24) is 0 Å². The number of amides is 1. The molecule has 4 heteroatoms. The summed E-state index contributed by atoms with van der Waals surface area (Å²) in [7, 11) is 0. The van der Waals surface area contributed by atoms with Crippen LogP contribution in [0.2, 0.25) is 0 Å². The molecule has 2 N–H and O–H groups in total. The highest BCUT2D eigenvalue weighted by Gasteiger charge is 2.08. The molecule has 1 aromatic heterocycles. The van der Waals surface area contributed by atoms with Crippen LogP contribution < -0.4 is 5.32 Å². The van der Waals surface area contributed by atoms with Gasteiger partial charge in [0.05, 0.1) is 0 Å². The topological polar surface area (TPSA) is 62.5 Å². The Morgan fingerprint density at radius 1 is 1.08 bits per heavy atom. The fourth-order valence-electron chi connectivity index (χ4n) is 2.46. The number of aryl methyl sites for hydroxylation is 1. The molecule has 0 aliphatic heterocycles. The first kappa shape index (κ1) is 16.0. The Bertz CT molecular complexity index is 834. The maximum Gasteiger partial charge on any atom is 0.255 e. The largest absolute Gasteiger partial charge is 0.459 e. The summed E-state index contributed by atoms with van der Waals surface area (Å²) in [6.45, 7) is 1.95. The number of aliphatic hydroxyl groups excluding tert-OH is 1. The average Bonchev–Trinajstić information content (AvgIpc) is 3.11. The normalized spacial score (nSPS) is 10.6. The fraction of sp³-hybridized carbons (Fsp3) is 0.150. The van der Waals surface area contributed by atoms with E-state index in [0.717, 1.165) is 12.0 Å². The summed E-state index contributed by atoms with van der Waals surface area (Å²) in [4.78, 5) is 12.3. The lowest BCUT2D eigenvalue weighted by Gasteiger charge is -2.07. The molecule has 0 atom stereocenters. The van der Waals surface area contributed by atoms with Crippen molar-refractivity contribution in [3.05, 3.63) is 77.6 Å². The fourth-order valence-corrected chi connectivity index (χ4v) is 2.46.